The van der Waals surface area contributed by atoms with Gasteiger partial charge in [-0.1, -0.05) is 90.4 Å². The molecule has 0 aromatic rings. The Kier molecular flexibility index (Phi) is 6.65. The molecule has 0 amide bonds. The van der Waals surface area contributed by atoms with E-state index in [2.05, 4.69) is 90.4 Å². The van der Waals surface area contributed by atoms with Crippen LogP contribution in [0.3, 0.4) is 0 Å². The molecule has 4 heteroatoms. The lowest BCUT2D eigenvalue weighted by atomic mass is 10.6. The molecule has 0 heterocycles. The number of hydrogen-bond donors (Lipinski definition) is 0. The third kappa shape index (κ3) is 5.37. The minimum atomic E-state index is 0.497. The summed E-state index contributed by atoms with van der Waals surface area (Å²) < 4.78 is 2.96. The fraction of sp³-hybridized carbons (Fsp3) is 1.00. The topological polar surface area (TPSA) is 0 Å². The first-order valence-corrected chi connectivity index (χ1v) is 6.83. The molecule has 0 aromatic heterocycles. The predicted octanol–water partition coefficient (Wildman–Crippen LogP) is 3.42. The molecular weight excluding hydrogens is 544 g/mol. The first-order chi connectivity index (χ1) is 3.12. The van der Waals surface area contributed by atoms with Gasteiger partial charge in [-0.25, -0.2) is 0 Å². The maximum absolute atomic E-state index is 2.48. The summed E-state index contributed by atoms with van der Waals surface area (Å²) in [5, 5.41) is 0. The van der Waals surface area contributed by atoms with Crippen LogP contribution in [0.2, 0.25) is 0 Å². The fourth-order valence-corrected chi connectivity index (χ4v) is 1.61. The van der Waals surface area contributed by atoms with E-state index < -0.39 is 0 Å². The Labute approximate surface area is 98.5 Å². The normalized spacial score (nSPS) is 12.0. The largest absolute Gasteiger partial charge is 0.0912 e. The molecule has 0 saturated heterocycles. The molecule has 0 aliphatic rings. The number of alkyl halides is 4. The highest BCUT2D eigenvalue weighted by atomic mass is 127. The number of hydrogen-bond acceptors (Lipinski definition) is 0. The average molecular weight is 548 g/mol. The molecule has 0 atom stereocenters. The van der Waals surface area contributed by atoms with Gasteiger partial charge in [0.25, 0.3) is 0 Å². The van der Waals surface area contributed by atoms with E-state index in [9.17, 15) is 0 Å². The van der Waals surface area contributed by atoms with E-state index in [-0.39, 0.29) is 0 Å². The smallest absolute Gasteiger partial charge is 0.0840 e. The van der Waals surface area contributed by atoms with Crippen LogP contribution in [0.25, 0.3) is 0 Å². The van der Waals surface area contributed by atoms with Gasteiger partial charge in [-0.3, -0.25) is 0 Å². The van der Waals surface area contributed by atoms with Crippen LogP contribution in [0.15, 0.2) is 0 Å². The van der Waals surface area contributed by atoms with E-state index in [0.29, 0.717) is 1.43 Å². The third-order valence-electron chi connectivity index (χ3n) is 0.391. The highest BCUT2D eigenvalue weighted by molar-refractivity contribution is 14.2. The van der Waals surface area contributed by atoms with E-state index >= 15 is 0 Å². The van der Waals surface area contributed by atoms with Crippen LogP contribution >= 0.6 is 90.4 Å². The molecular formula is C3H4I4. The van der Waals surface area contributed by atoms with Crippen molar-refractivity contribution in [2.45, 2.75) is 1.43 Å². The van der Waals surface area contributed by atoms with Crippen LogP contribution in [-0.2, 0) is 0 Å². The van der Waals surface area contributed by atoms with Crippen molar-refractivity contribution in [2.75, 3.05) is 8.86 Å². The molecule has 0 aromatic carbocycles. The van der Waals surface area contributed by atoms with Crippen LogP contribution < -0.4 is 0 Å². The van der Waals surface area contributed by atoms with Gasteiger partial charge in [-0.2, -0.15) is 0 Å². The number of halogens is 4. The zero-order valence-corrected chi connectivity index (χ0v) is 12.1. The van der Waals surface area contributed by atoms with E-state index in [1.54, 1.807) is 0 Å². The molecule has 0 rings (SSSR count). The van der Waals surface area contributed by atoms with Crippen molar-refractivity contribution in [2.24, 2.45) is 0 Å². The lowest BCUT2D eigenvalue weighted by molar-refractivity contribution is 1.21. The van der Waals surface area contributed by atoms with Crippen molar-refractivity contribution in [3.8, 4) is 0 Å². The minimum Gasteiger partial charge on any atom is -0.0840 e. The second-order valence-corrected chi connectivity index (χ2v) is 8.84. The number of rotatable bonds is 2. The molecule has 0 unspecified atom stereocenters. The second kappa shape index (κ2) is 4.69. The maximum Gasteiger partial charge on any atom is 0.0912 e. The van der Waals surface area contributed by atoms with E-state index in [4.69, 9.17) is 0 Å². The van der Waals surface area contributed by atoms with Crippen LogP contribution in [0.5, 0.6) is 0 Å². The van der Waals surface area contributed by atoms with Crippen molar-refractivity contribution >= 4 is 90.4 Å². The van der Waals surface area contributed by atoms with E-state index in [1.807, 2.05) is 0 Å². The molecule has 0 nitrogen and oxygen atoms in total. The molecule has 7 heavy (non-hydrogen) atoms. The lowest BCUT2D eigenvalue weighted by Crippen LogP contribution is -2.13. The van der Waals surface area contributed by atoms with Crippen LogP contribution in [0, 0.1) is 0 Å². The summed E-state index contributed by atoms with van der Waals surface area (Å²) in [6, 6.07) is 0. The summed E-state index contributed by atoms with van der Waals surface area (Å²) in [5.74, 6) is 0. The summed E-state index contributed by atoms with van der Waals surface area (Å²) in [5.41, 5.74) is 0. The molecule has 0 N–H and O–H groups in total. The van der Waals surface area contributed by atoms with Gasteiger partial charge < -0.3 is 0 Å². The molecule has 44 valence electrons. The molecule has 0 bridgehead atoms. The summed E-state index contributed by atoms with van der Waals surface area (Å²) in [4.78, 5) is 0. The SMILES string of the molecule is ICC(I)(I)CI. The van der Waals surface area contributed by atoms with Crippen LogP contribution in [-0.4, -0.2) is 10.3 Å². The van der Waals surface area contributed by atoms with Gasteiger partial charge in [0.2, 0.25) is 0 Å². The predicted molar refractivity (Wildman–Crippen MR) is 68.5 cm³/mol. The van der Waals surface area contributed by atoms with Crippen molar-refractivity contribution in [3.05, 3.63) is 0 Å². The van der Waals surface area contributed by atoms with E-state index in [1.165, 1.54) is 8.86 Å². The Bertz CT molecular complexity index is 44.9. The fourth-order valence-electron chi connectivity index (χ4n) is 0.0357. The van der Waals surface area contributed by atoms with Gasteiger partial charge in [0.15, 0.2) is 0 Å². The summed E-state index contributed by atoms with van der Waals surface area (Å²) in [6.07, 6.45) is 0. The zero-order valence-electron chi connectivity index (χ0n) is 3.43. The van der Waals surface area contributed by atoms with Crippen molar-refractivity contribution in [1.29, 1.82) is 0 Å². The first kappa shape index (κ1) is 9.92. The average Bonchev–Trinajstić information content (AvgIpc) is 1.68. The first-order valence-electron chi connectivity index (χ1n) is 1.62. The molecule has 0 radical (unpaired) electrons. The lowest BCUT2D eigenvalue weighted by Gasteiger charge is -2.11. The Balaban J connectivity index is 3.36. The Morgan fingerprint density at radius 3 is 1.29 bits per heavy atom. The van der Waals surface area contributed by atoms with Gasteiger partial charge in [-0.05, 0) is 0 Å². The molecule has 0 spiro atoms. The minimum absolute atomic E-state index is 0.497. The molecule has 0 saturated carbocycles. The van der Waals surface area contributed by atoms with Gasteiger partial charge in [0.1, 0.15) is 0 Å². The van der Waals surface area contributed by atoms with Gasteiger partial charge in [0.05, 0.1) is 1.43 Å². The van der Waals surface area contributed by atoms with Gasteiger partial charge in [-0.15, -0.1) is 0 Å². The summed E-state index contributed by atoms with van der Waals surface area (Å²) >= 11 is 9.77. The quantitative estimate of drug-likeness (QED) is 0.367. The standard InChI is InChI=1S/C3H4I4/c4-1-3(6,7)2-5/h1-2H2. The highest BCUT2D eigenvalue weighted by Gasteiger charge is 2.17. The Morgan fingerprint density at radius 1 is 1.00 bits per heavy atom. The van der Waals surface area contributed by atoms with Crippen LogP contribution in [0.1, 0.15) is 0 Å². The van der Waals surface area contributed by atoms with Gasteiger partial charge in [0, 0.05) is 8.86 Å². The summed E-state index contributed by atoms with van der Waals surface area (Å²) in [6.45, 7) is 0. The molecule has 0 aliphatic heterocycles. The highest BCUT2D eigenvalue weighted by Crippen LogP contribution is 2.31. The summed E-state index contributed by atoms with van der Waals surface area (Å²) in [7, 11) is 0. The monoisotopic (exact) mass is 548 g/mol. The zero-order chi connectivity index (χ0) is 5.91. The Hall–Kier alpha value is 2.92. The van der Waals surface area contributed by atoms with E-state index in [0.717, 1.165) is 0 Å². The van der Waals surface area contributed by atoms with Crippen molar-refractivity contribution in [3.63, 3.8) is 0 Å². The van der Waals surface area contributed by atoms with Gasteiger partial charge >= 0.3 is 0 Å². The second-order valence-electron chi connectivity index (χ2n) is 1.12. The maximum atomic E-state index is 2.48. The van der Waals surface area contributed by atoms with Crippen LogP contribution in [0.4, 0.5) is 0 Å². The molecule has 0 fully saturated rings. The van der Waals surface area contributed by atoms with Crippen molar-refractivity contribution in [1.82, 2.24) is 0 Å². The third-order valence-corrected chi connectivity index (χ3v) is 10.4. The Morgan fingerprint density at radius 2 is 1.29 bits per heavy atom. The van der Waals surface area contributed by atoms with Crippen molar-refractivity contribution < 1.29 is 0 Å². The molecule has 0 aliphatic carbocycles.